The van der Waals surface area contributed by atoms with Crippen LogP contribution in [0.25, 0.3) is 0 Å². The van der Waals surface area contributed by atoms with Crippen LogP contribution >= 0.6 is 23.2 Å². The number of likely N-dealkylation sites (N-methyl/N-ethyl adjacent to an activating group) is 1. The van der Waals surface area contributed by atoms with Crippen molar-refractivity contribution in [2.24, 2.45) is 0 Å². The molecule has 0 fully saturated rings. The van der Waals surface area contributed by atoms with E-state index in [9.17, 15) is 9.59 Å². The number of carbonyl (C=O) groups is 2. The first-order valence-corrected chi connectivity index (χ1v) is 10.2. The standard InChI is InChI=1S/C22H26Cl2N2O2/c1-4-20(22(28)25-5-2)26(14-17-9-10-18(23)13-19(17)24)21(27)12-16-8-6-7-15(3)11-16/h6-11,13,20H,4-5,12,14H2,1-3H3,(H,25,28). The van der Waals surface area contributed by atoms with E-state index in [2.05, 4.69) is 5.32 Å². The van der Waals surface area contributed by atoms with Crippen LogP contribution in [0, 0.1) is 6.92 Å². The third-order valence-corrected chi connectivity index (χ3v) is 5.12. The van der Waals surface area contributed by atoms with Crippen molar-refractivity contribution >= 4 is 35.0 Å². The minimum Gasteiger partial charge on any atom is -0.355 e. The molecule has 2 rings (SSSR count). The summed E-state index contributed by atoms with van der Waals surface area (Å²) in [4.78, 5) is 27.4. The van der Waals surface area contributed by atoms with Gasteiger partial charge < -0.3 is 10.2 Å². The molecule has 150 valence electrons. The summed E-state index contributed by atoms with van der Waals surface area (Å²) in [5.74, 6) is -0.276. The highest BCUT2D eigenvalue weighted by Gasteiger charge is 2.28. The molecular formula is C22H26Cl2N2O2. The molecule has 0 saturated carbocycles. The number of rotatable bonds is 8. The van der Waals surface area contributed by atoms with Crippen molar-refractivity contribution in [2.75, 3.05) is 6.54 Å². The molecule has 0 aliphatic heterocycles. The minimum absolute atomic E-state index is 0.116. The fourth-order valence-electron chi connectivity index (χ4n) is 3.14. The zero-order chi connectivity index (χ0) is 20.7. The van der Waals surface area contributed by atoms with Gasteiger partial charge in [-0.25, -0.2) is 0 Å². The number of halogens is 2. The lowest BCUT2D eigenvalue weighted by atomic mass is 10.1. The van der Waals surface area contributed by atoms with Crippen LogP contribution in [0.2, 0.25) is 10.0 Å². The lowest BCUT2D eigenvalue weighted by Gasteiger charge is -2.31. The fourth-order valence-corrected chi connectivity index (χ4v) is 3.61. The highest BCUT2D eigenvalue weighted by molar-refractivity contribution is 6.35. The van der Waals surface area contributed by atoms with E-state index in [-0.39, 0.29) is 24.8 Å². The van der Waals surface area contributed by atoms with E-state index < -0.39 is 6.04 Å². The molecule has 0 aliphatic carbocycles. The molecule has 0 bridgehead atoms. The minimum atomic E-state index is -0.566. The maximum atomic E-state index is 13.2. The Labute approximate surface area is 176 Å². The predicted molar refractivity (Wildman–Crippen MR) is 115 cm³/mol. The summed E-state index contributed by atoms with van der Waals surface area (Å²) in [6.45, 7) is 6.51. The van der Waals surface area contributed by atoms with Gasteiger partial charge >= 0.3 is 0 Å². The molecule has 1 N–H and O–H groups in total. The molecule has 6 heteroatoms. The van der Waals surface area contributed by atoms with E-state index in [1.54, 1.807) is 23.1 Å². The van der Waals surface area contributed by atoms with Gasteiger partial charge in [0, 0.05) is 23.1 Å². The molecule has 2 aromatic carbocycles. The first kappa shape index (κ1) is 22.3. The summed E-state index contributed by atoms with van der Waals surface area (Å²) in [5, 5.41) is 3.84. The Morgan fingerprint density at radius 3 is 2.46 bits per heavy atom. The number of amides is 2. The largest absolute Gasteiger partial charge is 0.355 e. The Balaban J connectivity index is 2.33. The van der Waals surface area contributed by atoms with Crippen molar-refractivity contribution in [3.05, 3.63) is 69.2 Å². The van der Waals surface area contributed by atoms with Crippen LogP contribution in [-0.4, -0.2) is 29.3 Å². The highest BCUT2D eigenvalue weighted by Crippen LogP contribution is 2.24. The molecule has 0 aromatic heterocycles. The van der Waals surface area contributed by atoms with Crippen molar-refractivity contribution in [1.29, 1.82) is 0 Å². The Bertz CT molecular complexity index is 839. The van der Waals surface area contributed by atoms with E-state index in [1.807, 2.05) is 45.0 Å². The van der Waals surface area contributed by atoms with E-state index >= 15 is 0 Å². The number of hydrogen-bond acceptors (Lipinski definition) is 2. The van der Waals surface area contributed by atoms with Gasteiger partial charge in [0.05, 0.1) is 6.42 Å². The lowest BCUT2D eigenvalue weighted by molar-refractivity contribution is -0.140. The topological polar surface area (TPSA) is 49.4 Å². The fraction of sp³-hybridized carbons (Fsp3) is 0.364. The highest BCUT2D eigenvalue weighted by atomic mass is 35.5. The van der Waals surface area contributed by atoms with Crippen molar-refractivity contribution in [3.63, 3.8) is 0 Å². The van der Waals surface area contributed by atoms with Crippen molar-refractivity contribution in [1.82, 2.24) is 10.2 Å². The average Bonchev–Trinajstić information content (AvgIpc) is 2.63. The molecule has 4 nitrogen and oxygen atoms in total. The molecule has 1 unspecified atom stereocenters. The first-order chi connectivity index (χ1) is 13.3. The molecule has 1 atom stereocenters. The van der Waals surface area contributed by atoms with Gasteiger partial charge in [-0.3, -0.25) is 9.59 Å². The number of aryl methyl sites for hydroxylation is 1. The third kappa shape index (κ3) is 5.98. The van der Waals surface area contributed by atoms with Gasteiger partial charge in [-0.05, 0) is 43.5 Å². The second kappa shape index (κ2) is 10.5. The maximum absolute atomic E-state index is 13.2. The van der Waals surface area contributed by atoms with Crippen molar-refractivity contribution in [3.8, 4) is 0 Å². The predicted octanol–water partition coefficient (Wildman–Crippen LogP) is 4.79. The number of benzene rings is 2. The molecule has 0 heterocycles. The third-order valence-electron chi connectivity index (χ3n) is 4.53. The average molecular weight is 421 g/mol. The van der Waals surface area contributed by atoms with Gasteiger partial charge in [0.15, 0.2) is 0 Å². The molecule has 0 saturated heterocycles. The molecule has 0 aliphatic rings. The van der Waals surface area contributed by atoms with Crippen LogP contribution in [0.4, 0.5) is 0 Å². The summed E-state index contributed by atoms with van der Waals surface area (Å²) >= 11 is 12.3. The summed E-state index contributed by atoms with van der Waals surface area (Å²) in [6.07, 6.45) is 0.736. The Morgan fingerprint density at radius 1 is 1.11 bits per heavy atom. The SMILES string of the molecule is CCNC(=O)C(CC)N(Cc1ccc(Cl)cc1Cl)C(=O)Cc1cccc(C)c1. The molecule has 2 amide bonds. The monoisotopic (exact) mass is 420 g/mol. The Hall–Kier alpha value is -2.04. The van der Waals surface area contributed by atoms with Crippen molar-refractivity contribution in [2.45, 2.75) is 46.2 Å². The van der Waals surface area contributed by atoms with E-state index in [0.717, 1.165) is 16.7 Å². The summed E-state index contributed by atoms with van der Waals surface area (Å²) in [6, 6.07) is 12.4. The summed E-state index contributed by atoms with van der Waals surface area (Å²) in [5.41, 5.74) is 2.77. The van der Waals surface area contributed by atoms with Crippen LogP contribution in [-0.2, 0) is 22.6 Å². The van der Waals surface area contributed by atoms with Gasteiger partial charge in [-0.2, -0.15) is 0 Å². The first-order valence-electron chi connectivity index (χ1n) is 9.42. The van der Waals surface area contributed by atoms with Crippen LogP contribution in [0.1, 0.15) is 37.0 Å². The molecule has 0 radical (unpaired) electrons. The second-order valence-electron chi connectivity index (χ2n) is 6.74. The molecule has 28 heavy (non-hydrogen) atoms. The normalized spacial score (nSPS) is 11.8. The zero-order valence-corrected chi connectivity index (χ0v) is 18.0. The lowest BCUT2D eigenvalue weighted by Crippen LogP contribution is -2.49. The van der Waals surface area contributed by atoms with Gasteiger partial charge in [-0.15, -0.1) is 0 Å². The van der Waals surface area contributed by atoms with E-state index in [4.69, 9.17) is 23.2 Å². The number of carbonyl (C=O) groups excluding carboxylic acids is 2. The Morgan fingerprint density at radius 2 is 1.86 bits per heavy atom. The van der Waals surface area contributed by atoms with Crippen LogP contribution in [0.3, 0.4) is 0 Å². The summed E-state index contributed by atoms with van der Waals surface area (Å²) in [7, 11) is 0. The van der Waals surface area contributed by atoms with Gasteiger partial charge in [0.2, 0.25) is 11.8 Å². The quantitative estimate of drug-likeness (QED) is 0.667. The van der Waals surface area contributed by atoms with Crippen molar-refractivity contribution < 1.29 is 9.59 Å². The van der Waals surface area contributed by atoms with Crippen LogP contribution in [0.15, 0.2) is 42.5 Å². The van der Waals surface area contributed by atoms with E-state index in [1.165, 1.54) is 0 Å². The van der Waals surface area contributed by atoms with Crippen LogP contribution in [0.5, 0.6) is 0 Å². The number of hydrogen-bond donors (Lipinski definition) is 1. The molecule has 2 aromatic rings. The zero-order valence-electron chi connectivity index (χ0n) is 16.5. The van der Waals surface area contributed by atoms with Gasteiger partial charge in [0.25, 0.3) is 0 Å². The summed E-state index contributed by atoms with van der Waals surface area (Å²) < 4.78 is 0. The maximum Gasteiger partial charge on any atom is 0.242 e. The second-order valence-corrected chi connectivity index (χ2v) is 7.59. The molecule has 0 spiro atoms. The van der Waals surface area contributed by atoms with E-state index in [0.29, 0.717) is 23.0 Å². The smallest absolute Gasteiger partial charge is 0.242 e. The number of nitrogens with zero attached hydrogens (tertiary/aromatic N) is 1. The van der Waals surface area contributed by atoms with Gasteiger partial charge in [0.1, 0.15) is 6.04 Å². The molecular weight excluding hydrogens is 395 g/mol. The van der Waals surface area contributed by atoms with Gasteiger partial charge in [-0.1, -0.05) is 66.0 Å². The Kier molecular flexibility index (Phi) is 8.34. The number of nitrogens with one attached hydrogen (secondary N) is 1. The van der Waals surface area contributed by atoms with Crippen LogP contribution < -0.4 is 5.32 Å².